The minimum absolute atomic E-state index is 0.0721. The molecule has 0 unspecified atom stereocenters. The minimum Gasteiger partial charge on any atom is -0.347 e. The third-order valence-corrected chi connectivity index (χ3v) is 4.25. The molecule has 27 heavy (non-hydrogen) atoms. The van der Waals surface area contributed by atoms with E-state index < -0.39 is 0 Å². The fourth-order valence-corrected chi connectivity index (χ4v) is 3.07. The van der Waals surface area contributed by atoms with Crippen LogP contribution < -0.4 is 5.32 Å². The molecule has 0 atom stereocenters. The number of benzene rings is 2. The molecule has 0 radical (unpaired) electrons. The van der Waals surface area contributed by atoms with E-state index in [2.05, 4.69) is 42.5 Å². The highest BCUT2D eigenvalue weighted by Gasteiger charge is 2.18. The Morgan fingerprint density at radius 3 is 2.26 bits per heavy atom. The molecule has 1 amide bonds. The van der Waals surface area contributed by atoms with Crippen molar-refractivity contribution in [2.24, 2.45) is 0 Å². The highest BCUT2D eigenvalue weighted by atomic mass is 16.1. The van der Waals surface area contributed by atoms with Crippen molar-refractivity contribution in [2.75, 3.05) is 0 Å². The van der Waals surface area contributed by atoms with Crippen LogP contribution in [0.1, 0.15) is 51.0 Å². The maximum Gasteiger partial charge on any atom is 0.251 e. The Morgan fingerprint density at radius 2 is 1.63 bits per heavy atom. The summed E-state index contributed by atoms with van der Waals surface area (Å²) >= 11 is 0. The number of amides is 1. The summed E-state index contributed by atoms with van der Waals surface area (Å²) in [6, 6.07) is 18.4. The van der Waals surface area contributed by atoms with Crippen LogP contribution in [-0.2, 0) is 0 Å². The highest BCUT2D eigenvalue weighted by molar-refractivity contribution is 5.97. The number of aromatic nitrogens is 2. The average Bonchev–Trinajstić information content (AvgIpc) is 3.11. The second-order valence-corrected chi connectivity index (χ2v) is 8.12. The standard InChI is InChI=1S/C23H27N3O/c1-16(2)26-21(11-12-24-26)19-13-18(17-9-7-6-8-10-17)14-20(15-19)22(27)25-23(3,4)5/h6-16H,1-5H3,(H,25,27). The molecule has 0 fully saturated rings. The van der Waals surface area contributed by atoms with Gasteiger partial charge in [0.2, 0.25) is 0 Å². The van der Waals surface area contributed by atoms with E-state index >= 15 is 0 Å². The molecule has 0 aliphatic rings. The summed E-state index contributed by atoms with van der Waals surface area (Å²) in [6.07, 6.45) is 1.80. The van der Waals surface area contributed by atoms with E-state index in [9.17, 15) is 4.79 Å². The first-order valence-electron chi connectivity index (χ1n) is 9.31. The number of hydrogen-bond donors (Lipinski definition) is 1. The van der Waals surface area contributed by atoms with Crippen molar-refractivity contribution in [3.05, 3.63) is 66.4 Å². The fraction of sp³-hybridized carbons (Fsp3) is 0.304. The molecule has 0 bridgehead atoms. The number of hydrogen-bond acceptors (Lipinski definition) is 2. The average molecular weight is 361 g/mol. The third kappa shape index (κ3) is 4.45. The van der Waals surface area contributed by atoms with Crippen LogP contribution in [0.5, 0.6) is 0 Å². The van der Waals surface area contributed by atoms with E-state index in [1.807, 2.05) is 61.9 Å². The van der Waals surface area contributed by atoms with Crippen LogP contribution in [0, 0.1) is 0 Å². The van der Waals surface area contributed by atoms with Gasteiger partial charge in [-0.1, -0.05) is 30.3 Å². The third-order valence-electron chi connectivity index (χ3n) is 4.25. The van der Waals surface area contributed by atoms with Crippen molar-refractivity contribution in [1.29, 1.82) is 0 Å². The Morgan fingerprint density at radius 1 is 0.963 bits per heavy atom. The van der Waals surface area contributed by atoms with Gasteiger partial charge in [0.05, 0.1) is 5.69 Å². The fourth-order valence-electron chi connectivity index (χ4n) is 3.07. The molecule has 0 aliphatic carbocycles. The van der Waals surface area contributed by atoms with Crippen molar-refractivity contribution in [2.45, 2.75) is 46.2 Å². The zero-order chi connectivity index (χ0) is 19.6. The molecule has 140 valence electrons. The quantitative estimate of drug-likeness (QED) is 0.683. The molecule has 0 saturated carbocycles. The molecule has 0 saturated heterocycles. The van der Waals surface area contributed by atoms with Gasteiger partial charge in [0.25, 0.3) is 5.91 Å². The van der Waals surface area contributed by atoms with E-state index in [0.717, 1.165) is 22.4 Å². The Labute approximate surface area is 161 Å². The molecule has 0 aliphatic heterocycles. The number of carbonyl (C=O) groups is 1. The zero-order valence-electron chi connectivity index (χ0n) is 16.7. The number of carbonyl (C=O) groups excluding carboxylic acids is 1. The minimum atomic E-state index is -0.292. The van der Waals surface area contributed by atoms with Crippen LogP contribution in [0.2, 0.25) is 0 Å². The van der Waals surface area contributed by atoms with Crippen molar-refractivity contribution in [1.82, 2.24) is 15.1 Å². The largest absolute Gasteiger partial charge is 0.347 e. The lowest BCUT2D eigenvalue weighted by atomic mass is 9.97. The lowest BCUT2D eigenvalue weighted by Gasteiger charge is -2.21. The van der Waals surface area contributed by atoms with E-state index in [-0.39, 0.29) is 17.5 Å². The van der Waals surface area contributed by atoms with E-state index in [1.54, 1.807) is 6.20 Å². The molecule has 3 aromatic rings. The van der Waals surface area contributed by atoms with Gasteiger partial charge in [0, 0.05) is 28.9 Å². The van der Waals surface area contributed by atoms with Crippen LogP contribution >= 0.6 is 0 Å². The lowest BCUT2D eigenvalue weighted by Crippen LogP contribution is -2.40. The van der Waals surface area contributed by atoms with Gasteiger partial charge in [-0.25, -0.2) is 0 Å². The van der Waals surface area contributed by atoms with Crippen LogP contribution in [-0.4, -0.2) is 21.2 Å². The number of nitrogens with zero attached hydrogens (tertiary/aromatic N) is 2. The topological polar surface area (TPSA) is 46.9 Å². The van der Waals surface area contributed by atoms with Gasteiger partial charge < -0.3 is 5.32 Å². The maximum atomic E-state index is 12.9. The second-order valence-electron chi connectivity index (χ2n) is 8.12. The first-order chi connectivity index (χ1) is 12.7. The van der Waals surface area contributed by atoms with Crippen LogP contribution in [0.25, 0.3) is 22.4 Å². The monoisotopic (exact) mass is 361 g/mol. The normalized spacial score (nSPS) is 11.6. The smallest absolute Gasteiger partial charge is 0.251 e. The first kappa shape index (κ1) is 18.9. The summed E-state index contributed by atoms with van der Waals surface area (Å²) in [7, 11) is 0. The second kappa shape index (κ2) is 7.39. The highest BCUT2D eigenvalue weighted by Crippen LogP contribution is 2.29. The molecule has 1 heterocycles. The van der Waals surface area contributed by atoms with Crippen LogP contribution in [0.15, 0.2) is 60.8 Å². The van der Waals surface area contributed by atoms with Crippen LogP contribution in [0.4, 0.5) is 0 Å². The molecule has 4 heteroatoms. The van der Waals surface area contributed by atoms with Crippen LogP contribution in [0.3, 0.4) is 0 Å². The van der Waals surface area contributed by atoms with Crippen molar-refractivity contribution in [3.8, 4) is 22.4 Å². The lowest BCUT2D eigenvalue weighted by molar-refractivity contribution is 0.0919. The summed E-state index contributed by atoms with van der Waals surface area (Å²) in [5, 5.41) is 7.51. The van der Waals surface area contributed by atoms with Gasteiger partial charge in [-0.3, -0.25) is 9.48 Å². The Balaban J connectivity index is 2.14. The predicted molar refractivity (Wildman–Crippen MR) is 111 cm³/mol. The van der Waals surface area contributed by atoms with E-state index in [1.165, 1.54) is 0 Å². The van der Waals surface area contributed by atoms with E-state index in [0.29, 0.717) is 5.56 Å². The number of rotatable bonds is 4. The molecule has 3 rings (SSSR count). The molecule has 2 aromatic carbocycles. The van der Waals surface area contributed by atoms with Gasteiger partial charge in [-0.05, 0) is 70.0 Å². The van der Waals surface area contributed by atoms with Gasteiger partial charge in [-0.2, -0.15) is 5.10 Å². The molecular formula is C23H27N3O. The first-order valence-corrected chi connectivity index (χ1v) is 9.31. The molecule has 1 N–H and O–H groups in total. The van der Waals surface area contributed by atoms with Gasteiger partial charge in [-0.15, -0.1) is 0 Å². The Hall–Kier alpha value is -2.88. The Bertz CT molecular complexity index is 934. The van der Waals surface area contributed by atoms with Crippen molar-refractivity contribution < 1.29 is 4.79 Å². The number of nitrogens with one attached hydrogen (secondary N) is 1. The summed E-state index contributed by atoms with van der Waals surface area (Å²) < 4.78 is 1.98. The van der Waals surface area contributed by atoms with E-state index in [4.69, 9.17) is 0 Å². The van der Waals surface area contributed by atoms with Gasteiger partial charge in [0.1, 0.15) is 0 Å². The molecule has 0 spiro atoms. The van der Waals surface area contributed by atoms with Gasteiger partial charge >= 0.3 is 0 Å². The van der Waals surface area contributed by atoms with Crippen molar-refractivity contribution >= 4 is 5.91 Å². The summed E-state index contributed by atoms with van der Waals surface area (Å²) in [5.74, 6) is -0.0721. The summed E-state index contributed by atoms with van der Waals surface area (Å²) in [6.45, 7) is 10.2. The summed E-state index contributed by atoms with van der Waals surface area (Å²) in [5.41, 5.74) is 4.45. The van der Waals surface area contributed by atoms with Gasteiger partial charge in [0.15, 0.2) is 0 Å². The SMILES string of the molecule is CC(C)n1nccc1-c1cc(C(=O)NC(C)(C)C)cc(-c2ccccc2)c1. The molecule has 4 nitrogen and oxygen atoms in total. The Kier molecular flexibility index (Phi) is 5.17. The van der Waals surface area contributed by atoms with Crippen molar-refractivity contribution in [3.63, 3.8) is 0 Å². The summed E-state index contributed by atoms with van der Waals surface area (Å²) in [4.78, 5) is 12.9. The maximum absolute atomic E-state index is 12.9. The molecular weight excluding hydrogens is 334 g/mol. The zero-order valence-corrected chi connectivity index (χ0v) is 16.7. The predicted octanol–water partition coefficient (Wildman–Crippen LogP) is 5.33. The molecule has 1 aromatic heterocycles.